The van der Waals surface area contributed by atoms with Crippen molar-refractivity contribution in [1.82, 2.24) is 4.98 Å². The Labute approximate surface area is 103 Å². The number of hydrogen-bond donors (Lipinski definition) is 0. The minimum atomic E-state index is -0.565. The number of carbonyl (C=O) groups excluding carboxylic acids is 1. The lowest BCUT2D eigenvalue weighted by Gasteiger charge is -1.97. The Balaban J connectivity index is 2.37. The van der Waals surface area contributed by atoms with Gasteiger partial charge in [0.25, 0.3) is 0 Å². The maximum Gasteiger partial charge on any atom is 0.376 e. The van der Waals surface area contributed by atoms with Crippen LogP contribution in [-0.2, 0) is 4.74 Å². The van der Waals surface area contributed by atoms with Crippen molar-refractivity contribution in [3.8, 4) is 11.5 Å². The van der Waals surface area contributed by atoms with Gasteiger partial charge < -0.3 is 9.15 Å². The predicted molar refractivity (Wildman–Crippen MR) is 62.6 cm³/mol. The molecule has 1 heterocycles. The zero-order valence-electron chi connectivity index (χ0n) is 10.1. The third kappa shape index (κ3) is 2.40. The average molecular weight is 249 g/mol. The molecule has 0 atom stereocenters. The molecule has 2 aromatic rings. The number of aromatic nitrogens is 1. The van der Waals surface area contributed by atoms with E-state index in [9.17, 15) is 9.18 Å². The van der Waals surface area contributed by atoms with Gasteiger partial charge in [-0.1, -0.05) is 6.07 Å². The lowest BCUT2D eigenvalue weighted by molar-refractivity contribution is 0.0490. The standard InChI is InChI=1S/C13H12FNO3/c1-3-17-13(16)11-8(2)15-12(18-11)9-5-4-6-10(14)7-9/h4-7H,3H2,1-2H3. The second-order valence-corrected chi connectivity index (χ2v) is 3.66. The highest BCUT2D eigenvalue weighted by Gasteiger charge is 2.19. The van der Waals surface area contributed by atoms with E-state index < -0.39 is 5.97 Å². The van der Waals surface area contributed by atoms with E-state index in [0.717, 1.165) is 0 Å². The van der Waals surface area contributed by atoms with Gasteiger partial charge in [-0.3, -0.25) is 0 Å². The van der Waals surface area contributed by atoms with Gasteiger partial charge in [0.05, 0.1) is 12.3 Å². The normalized spacial score (nSPS) is 10.4. The van der Waals surface area contributed by atoms with Gasteiger partial charge in [0, 0.05) is 5.56 Å². The van der Waals surface area contributed by atoms with Crippen LogP contribution in [0.15, 0.2) is 28.7 Å². The van der Waals surface area contributed by atoms with Crippen molar-refractivity contribution in [2.45, 2.75) is 13.8 Å². The van der Waals surface area contributed by atoms with Gasteiger partial charge in [0.2, 0.25) is 11.7 Å². The molecule has 5 heteroatoms. The van der Waals surface area contributed by atoms with E-state index in [1.54, 1.807) is 26.0 Å². The summed E-state index contributed by atoms with van der Waals surface area (Å²) in [6.45, 7) is 3.60. The van der Waals surface area contributed by atoms with E-state index in [2.05, 4.69) is 4.98 Å². The van der Waals surface area contributed by atoms with Crippen LogP contribution >= 0.6 is 0 Å². The van der Waals surface area contributed by atoms with Crippen LogP contribution in [0.1, 0.15) is 23.2 Å². The lowest BCUT2D eigenvalue weighted by atomic mass is 10.2. The first-order valence-electron chi connectivity index (χ1n) is 5.52. The van der Waals surface area contributed by atoms with Crippen LogP contribution in [0, 0.1) is 12.7 Å². The van der Waals surface area contributed by atoms with Crippen LogP contribution in [0.2, 0.25) is 0 Å². The van der Waals surface area contributed by atoms with Crippen LogP contribution in [-0.4, -0.2) is 17.6 Å². The number of esters is 1. The molecule has 0 aliphatic heterocycles. The fraction of sp³-hybridized carbons (Fsp3) is 0.231. The van der Waals surface area contributed by atoms with Gasteiger partial charge in [-0.05, 0) is 32.0 Å². The maximum absolute atomic E-state index is 13.1. The van der Waals surface area contributed by atoms with Crippen molar-refractivity contribution < 1.29 is 18.3 Å². The van der Waals surface area contributed by atoms with Crippen molar-refractivity contribution in [1.29, 1.82) is 0 Å². The molecule has 0 aliphatic carbocycles. The molecule has 2 rings (SSSR count). The molecule has 0 spiro atoms. The highest BCUT2D eigenvalue weighted by Crippen LogP contribution is 2.22. The molecular formula is C13H12FNO3. The second kappa shape index (κ2) is 5.00. The minimum absolute atomic E-state index is 0.0520. The first-order valence-corrected chi connectivity index (χ1v) is 5.52. The Bertz CT molecular complexity index is 577. The molecule has 94 valence electrons. The number of carbonyl (C=O) groups is 1. The summed E-state index contributed by atoms with van der Waals surface area (Å²) in [6, 6.07) is 5.82. The number of benzene rings is 1. The summed E-state index contributed by atoms with van der Waals surface area (Å²) in [5.74, 6) is -0.697. The van der Waals surface area contributed by atoms with E-state index in [4.69, 9.17) is 9.15 Å². The van der Waals surface area contributed by atoms with Crippen LogP contribution in [0.4, 0.5) is 4.39 Å². The number of rotatable bonds is 3. The second-order valence-electron chi connectivity index (χ2n) is 3.66. The van der Waals surface area contributed by atoms with Gasteiger partial charge in [0.15, 0.2) is 0 Å². The van der Waals surface area contributed by atoms with E-state index in [1.165, 1.54) is 12.1 Å². The number of aryl methyl sites for hydroxylation is 1. The Morgan fingerprint density at radius 2 is 2.28 bits per heavy atom. The SMILES string of the molecule is CCOC(=O)c1oc(-c2cccc(F)c2)nc1C. The zero-order chi connectivity index (χ0) is 13.1. The largest absolute Gasteiger partial charge is 0.460 e. The minimum Gasteiger partial charge on any atom is -0.460 e. The van der Waals surface area contributed by atoms with Crippen LogP contribution in [0.25, 0.3) is 11.5 Å². The van der Waals surface area contributed by atoms with E-state index in [0.29, 0.717) is 11.3 Å². The molecule has 0 radical (unpaired) electrons. The predicted octanol–water partition coefficient (Wildman–Crippen LogP) is 2.97. The summed E-state index contributed by atoms with van der Waals surface area (Å²) in [6.07, 6.45) is 0. The summed E-state index contributed by atoms with van der Waals surface area (Å²) in [5.41, 5.74) is 0.904. The maximum atomic E-state index is 13.1. The molecule has 0 amide bonds. The Morgan fingerprint density at radius 1 is 1.50 bits per heavy atom. The van der Waals surface area contributed by atoms with Gasteiger partial charge in [0.1, 0.15) is 5.82 Å². The van der Waals surface area contributed by atoms with E-state index >= 15 is 0 Å². The smallest absolute Gasteiger partial charge is 0.376 e. The van der Waals surface area contributed by atoms with Gasteiger partial charge in [-0.25, -0.2) is 14.2 Å². The number of nitrogens with zero attached hydrogens (tertiary/aromatic N) is 1. The summed E-state index contributed by atoms with van der Waals surface area (Å²) in [5, 5.41) is 0. The molecule has 1 aromatic carbocycles. The zero-order valence-corrected chi connectivity index (χ0v) is 10.1. The van der Waals surface area contributed by atoms with Crippen molar-refractivity contribution in [2.24, 2.45) is 0 Å². The lowest BCUT2D eigenvalue weighted by Crippen LogP contribution is -2.04. The summed E-state index contributed by atoms with van der Waals surface area (Å²) in [4.78, 5) is 15.6. The molecule has 4 nitrogen and oxygen atoms in total. The quantitative estimate of drug-likeness (QED) is 0.785. The Hall–Kier alpha value is -2.17. The molecule has 18 heavy (non-hydrogen) atoms. The summed E-state index contributed by atoms with van der Waals surface area (Å²) < 4.78 is 23.2. The topological polar surface area (TPSA) is 52.3 Å². The first kappa shape index (κ1) is 12.3. The molecule has 0 saturated heterocycles. The molecule has 0 N–H and O–H groups in total. The first-order chi connectivity index (χ1) is 8.61. The molecule has 0 bridgehead atoms. The number of ether oxygens (including phenoxy) is 1. The van der Waals surface area contributed by atoms with Crippen LogP contribution in [0.3, 0.4) is 0 Å². The van der Waals surface area contributed by atoms with Crippen LogP contribution in [0.5, 0.6) is 0 Å². The molecular weight excluding hydrogens is 237 g/mol. The number of oxazole rings is 1. The molecule has 0 aliphatic rings. The average Bonchev–Trinajstić information content (AvgIpc) is 2.72. The molecule has 0 fully saturated rings. The summed E-state index contributed by atoms with van der Waals surface area (Å²) in [7, 11) is 0. The number of hydrogen-bond acceptors (Lipinski definition) is 4. The van der Waals surface area contributed by atoms with Crippen molar-refractivity contribution in [3.05, 3.63) is 41.5 Å². The third-order valence-corrected chi connectivity index (χ3v) is 2.33. The fourth-order valence-electron chi connectivity index (χ4n) is 1.53. The molecule has 0 unspecified atom stereocenters. The van der Waals surface area contributed by atoms with Crippen LogP contribution < -0.4 is 0 Å². The third-order valence-electron chi connectivity index (χ3n) is 2.33. The molecule has 1 aromatic heterocycles. The van der Waals surface area contributed by atoms with Gasteiger partial charge in [-0.15, -0.1) is 0 Å². The van der Waals surface area contributed by atoms with E-state index in [1.807, 2.05) is 0 Å². The van der Waals surface area contributed by atoms with Crippen molar-refractivity contribution >= 4 is 5.97 Å². The Morgan fingerprint density at radius 3 is 2.94 bits per heavy atom. The van der Waals surface area contributed by atoms with Gasteiger partial charge >= 0.3 is 5.97 Å². The van der Waals surface area contributed by atoms with Gasteiger partial charge in [-0.2, -0.15) is 0 Å². The van der Waals surface area contributed by atoms with Crippen molar-refractivity contribution in [2.75, 3.05) is 6.61 Å². The highest BCUT2D eigenvalue weighted by atomic mass is 19.1. The number of halogens is 1. The fourth-order valence-corrected chi connectivity index (χ4v) is 1.53. The summed E-state index contributed by atoms with van der Waals surface area (Å²) >= 11 is 0. The van der Waals surface area contributed by atoms with Crippen molar-refractivity contribution in [3.63, 3.8) is 0 Å². The monoisotopic (exact) mass is 249 g/mol. The Kier molecular flexibility index (Phi) is 3.41. The van der Waals surface area contributed by atoms with E-state index in [-0.39, 0.29) is 24.1 Å². The highest BCUT2D eigenvalue weighted by molar-refractivity contribution is 5.87. The molecule has 0 saturated carbocycles.